The predicted molar refractivity (Wildman–Crippen MR) is 132 cm³/mol. The van der Waals surface area contributed by atoms with E-state index >= 15 is 0 Å². The highest BCUT2D eigenvalue weighted by Gasteiger charge is 2.49. The summed E-state index contributed by atoms with van der Waals surface area (Å²) in [5.74, 6) is -2.03. The van der Waals surface area contributed by atoms with Crippen molar-refractivity contribution < 1.29 is 43.7 Å². The highest BCUT2D eigenvalue weighted by atomic mass is 79.9. The number of esters is 1. The number of carbonyl (C=O) groups excluding carboxylic acids is 1. The van der Waals surface area contributed by atoms with Crippen LogP contribution in [0.15, 0.2) is 39.7 Å². The first kappa shape index (κ1) is 28.9. The second-order valence-electron chi connectivity index (χ2n) is 8.97. The third kappa shape index (κ3) is 6.09. The van der Waals surface area contributed by atoms with Gasteiger partial charge in [0.05, 0.1) is 11.1 Å². The van der Waals surface area contributed by atoms with E-state index in [1.807, 2.05) is 0 Å². The summed E-state index contributed by atoms with van der Waals surface area (Å²) in [7, 11) is -10.7. The topological polar surface area (TPSA) is 121 Å². The molecule has 0 radical (unpaired) electrons. The van der Waals surface area contributed by atoms with E-state index in [9.17, 15) is 34.8 Å². The number of hydrogen-bond donors (Lipinski definition) is 0. The second kappa shape index (κ2) is 9.58. The summed E-state index contributed by atoms with van der Waals surface area (Å²) >= 11 is 3.25. The van der Waals surface area contributed by atoms with E-state index in [2.05, 4.69) is 25.2 Å². The molecule has 0 spiro atoms. The van der Waals surface area contributed by atoms with Gasteiger partial charge in [-0.2, -0.15) is 21.6 Å². The zero-order valence-corrected chi connectivity index (χ0v) is 23.4. The molecule has 0 atom stereocenters. The molecule has 0 bridgehead atoms. The van der Waals surface area contributed by atoms with E-state index in [0.717, 1.165) is 4.52 Å². The SMILES string of the molecule is CCc1ccc2c(-c3cc(Br)cc(C(=O)OC(C)(C)C)c3)c(S(C)(=O)=O)c(OS(=O)(=O)C(F)(F)F)nn12. The summed E-state index contributed by atoms with van der Waals surface area (Å²) in [5, 5.41) is 3.82. The van der Waals surface area contributed by atoms with Gasteiger partial charge in [0.15, 0.2) is 9.84 Å². The number of halogens is 4. The molecule has 3 aromatic rings. The number of nitrogens with zero attached hydrogens (tertiary/aromatic N) is 2. The number of rotatable bonds is 6. The molecule has 0 aliphatic carbocycles. The molecule has 9 nitrogen and oxygen atoms in total. The lowest BCUT2D eigenvalue weighted by Gasteiger charge is -2.20. The quantitative estimate of drug-likeness (QED) is 0.215. The maximum atomic E-state index is 13.1. The second-order valence-corrected chi connectivity index (χ2v) is 13.4. The van der Waals surface area contributed by atoms with Crippen LogP contribution in [0.5, 0.6) is 5.88 Å². The Bertz CT molecular complexity index is 1610. The number of hydrogen-bond acceptors (Lipinski definition) is 8. The van der Waals surface area contributed by atoms with Crippen molar-refractivity contribution in [1.82, 2.24) is 9.61 Å². The predicted octanol–water partition coefficient (Wildman–Crippen LogP) is 4.91. The van der Waals surface area contributed by atoms with Gasteiger partial charge in [-0.25, -0.2) is 17.7 Å². The van der Waals surface area contributed by atoms with Crippen LogP contribution in [0.1, 0.15) is 43.7 Å². The van der Waals surface area contributed by atoms with Gasteiger partial charge in [-0.05, 0) is 63.1 Å². The monoisotopic (exact) mass is 626 g/mol. The Morgan fingerprint density at radius 3 is 2.22 bits per heavy atom. The molecule has 2 aromatic heterocycles. The highest BCUT2D eigenvalue weighted by Crippen LogP contribution is 2.40. The van der Waals surface area contributed by atoms with Crippen LogP contribution in [0, 0.1) is 0 Å². The van der Waals surface area contributed by atoms with Gasteiger partial charge in [-0.1, -0.05) is 22.9 Å². The maximum Gasteiger partial charge on any atom is 0.534 e. The Morgan fingerprint density at radius 2 is 1.70 bits per heavy atom. The van der Waals surface area contributed by atoms with Gasteiger partial charge in [-0.3, -0.25) is 0 Å². The lowest BCUT2D eigenvalue weighted by atomic mass is 10.0. The van der Waals surface area contributed by atoms with Crippen molar-refractivity contribution in [3.05, 3.63) is 46.1 Å². The summed E-state index contributed by atoms with van der Waals surface area (Å²) in [6.07, 6.45) is 0.986. The molecular weight excluding hydrogens is 605 g/mol. The van der Waals surface area contributed by atoms with Crippen molar-refractivity contribution in [2.24, 2.45) is 0 Å². The van der Waals surface area contributed by atoms with E-state index in [1.54, 1.807) is 33.8 Å². The molecule has 0 unspecified atom stereocenters. The molecule has 0 saturated heterocycles. The lowest BCUT2D eigenvalue weighted by molar-refractivity contribution is -0.0502. The average molecular weight is 627 g/mol. The van der Waals surface area contributed by atoms with Gasteiger partial charge in [0.2, 0.25) is 0 Å². The Balaban J connectivity index is 2.46. The van der Waals surface area contributed by atoms with Crippen LogP contribution in [0.2, 0.25) is 0 Å². The smallest absolute Gasteiger partial charge is 0.456 e. The Kier molecular flexibility index (Phi) is 7.49. The number of aromatic nitrogens is 2. The first-order valence-corrected chi connectivity index (χ1v) is 14.6. The fourth-order valence-corrected chi connectivity index (χ4v) is 5.38. The number of fused-ring (bicyclic) bond motifs is 1. The third-order valence-corrected chi connectivity index (χ3v) is 7.35. The highest BCUT2D eigenvalue weighted by molar-refractivity contribution is 9.10. The van der Waals surface area contributed by atoms with Crippen molar-refractivity contribution in [3.8, 4) is 17.0 Å². The fraction of sp³-hybridized carbons (Fsp3) is 0.364. The van der Waals surface area contributed by atoms with Gasteiger partial charge in [-0.15, -0.1) is 5.10 Å². The standard InChI is InChI=1S/C22H22BrF3N2O7S2/c1-6-15-7-8-16-17(12-9-13(11-14(23)10-12)20(29)34-21(2,3)4)18(36(5,30)31)19(27-28(15)16)35-37(32,33)22(24,25)26/h7-11H,6H2,1-5H3. The third-order valence-electron chi connectivity index (χ3n) is 4.83. The summed E-state index contributed by atoms with van der Waals surface area (Å²) in [6.45, 7) is 6.65. The van der Waals surface area contributed by atoms with Crippen LogP contribution in [-0.2, 0) is 31.1 Å². The molecule has 1 aromatic carbocycles. The fourth-order valence-electron chi connectivity index (χ4n) is 3.42. The summed E-state index contributed by atoms with van der Waals surface area (Å²) < 4.78 is 100.0. The molecule has 0 aliphatic rings. The summed E-state index contributed by atoms with van der Waals surface area (Å²) in [4.78, 5) is 11.8. The molecule has 0 aliphatic heterocycles. The molecule has 202 valence electrons. The first-order valence-electron chi connectivity index (χ1n) is 10.5. The number of sulfone groups is 1. The zero-order chi connectivity index (χ0) is 28.1. The van der Waals surface area contributed by atoms with Gasteiger partial charge in [0.1, 0.15) is 10.5 Å². The van der Waals surface area contributed by atoms with Crippen molar-refractivity contribution in [1.29, 1.82) is 0 Å². The van der Waals surface area contributed by atoms with Crippen molar-refractivity contribution in [2.45, 2.75) is 50.1 Å². The average Bonchev–Trinajstić information content (AvgIpc) is 3.11. The number of aryl methyl sites for hydroxylation is 1. The molecule has 15 heteroatoms. The number of carbonyl (C=O) groups is 1. The first-order chi connectivity index (χ1) is 16.7. The largest absolute Gasteiger partial charge is 0.534 e. The van der Waals surface area contributed by atoms with E-state index in [0.29, 0.717) is 22.8 Å². The molecule has 0 N–H and O–H groups in total. The van der Waals surface area contributed by atoms with Gasteiger partial charge >= 0.3 is 21.6 Å². The van der Waals surface area contributed by atoms with Gasteiger partial charge in [0.25, 0.3) is 5.88 Å². The maximum absolute atomic E-state index is 13.1. The van der Waals surface area contributed by atoms with Crippen LogP contribution in [0.3, 0.4) is 0 Å². The van der Waals surface area contributed by atoms with E-state index in [-0.39, 0.29) is 22.2 Å². The van der Waals surface area contributed by atoms with Crippen LogP contribution < -0.4 is 4.18 Å². The lowest BCUT2D eigenvalue weighted by Crippen LogP contribution is -2.29. The van der Waals surface area contributed by atoms with Crippen LogP contribution in [-0.4, -0.2) is 49.8 Å². The Labute approximate surface area is 219 Å². The van der Waals surface area contributed by atoms with E-state index < -0.39 is 47.8 Å². The minimum atomic E-state index is -6.28. The Morgan fingerprint density at radius 1 is 1.08 bits per heavy atom. The molecule has 0 saturated carbocycles. The summed E-state index contributed by atoms with van der Waals surface area (Å²) in [6, 6.07) is 7.14. The molecule has 0 amide bonds. The van der Waals surface area contributed by atoms with Crippen LogP contribution in [0.25, 0.3) is 16.6 Å². The zero-order valence-electron chi connectivity index (χ0n) is 20.2. The summed E-state index contributed by atoms with van der Waals surface area (Å²) in [5.41, 5.74) is -6.31. The molecule has 0 fully saturated rings. The van der Waals surface area contributed by atoms with Crippen LogP contribution in [0.4, 0.5) is 13.2 Å². The molecule has 2 heterocycles. The van der Waals surface area contributed by atoms with Gasteiger partial charge < -0.3 is 8.92 Å². The van der Waals surface area contributed by atoms with E-state index in [1.165, 1.54) is 24.3 Å². The molecule has 37 heavy (non-hydrogen) atoms. The van der Waals surface area contributed by atoms with Crippen LogP contribution >= 0.6 is 15.9 Å². The minimum Gasteiger partial charge on any atom is -0.456 e. The Hall–Kier alpha value is -2.65. The van der Waals surface area contributed by atoms with Crippen molar-refractivity contribution >= 4 is 47.4 Å². The van der Waals surface area contributed by atoms with Crippen molar-refractivity contribution in [3.63, 3.8) is 0 Å². The minimum absolute atomic E-state index is 0.00126. The number of benzene rings is 1. The van der Waals surface area contributed by atoms with E-state index in [4.69, 9.17) is 4.74 Å². The normalized spacial score (nSPS) is 13.1. The van der Waals surface area contributed by atoms with Crippen molar-refractivity contribution in [2.75, 3.05) is 6.26 Å². The molecular formula is C22H22BrF3N2O7S2. The molecule has 3 rings (SSSR count). The number of alkyl halides is 3. The van der Waals surface area contributed by atoms with Gasteiger partial charge in [0, 0.05) is 22.0 Å². The number of ether oxygens (including phenoxy) is 1.